The van der Waals surface area contributed by atoms with Crippen molar-refractivity contribution >= 4 is 28.4 Å². The van der Waals surface area contributed by atoms with Crippen LogP contribution < -0.4 is 15.8 Å². The predicted molar refractivity (Wildman–Crippen MR) is 135 cm³/mol. The predicted octanol–water partition coefficient (Wildman–Crippen LogP) is 4.80. The number of anilines is 2. The maximum atomic E-state index is 13.3. The molecular weight excluding hydrogens is 483 g/mol. The largest absolute Gasteiger partial charge is 0.416 e. The molecule has 1 aliphatic rings. The summed E-state index contributed by atoms with van der Waals surface area (Å²) in [5.74, 6) is 0.956. The van der Waals surface area contributed by atoms with Crippen molar-refractivity contribution in [3.63, 3.8) is 0 Å². The molecule has 37 heavy (non-hydrogen) atoms. The van der Waals surface area contributed by atoms with Crippen molar-refractivity contribution in [3.05, 3.63) is 82.1 Å². The zero-order valence-corrected chi connectivity index (χ0v) is 20.0. The molecule has 4 aromatic rings. The van der Waals surface area contributed by atoms with Crippen LogP contribution in [0.1, 0.15) is 24.0 Å². The van der Waals surface area contributed by atoms with Crippen LogP contribution in [-0.2, 0) is 24.4 Å². The maximum Gasteiger partial charge on any atom is 0.416 e. The highest BCUT2D eigenvalue weighted by molar-refractivity contribution is 5.95. The molecule has 190 valence electrons. The van der Waals surface area contributed by atoms with Gasteiger partial charge in [-0.2, -0.15) is 13.2 Å². The molecule has 0 spiro atoms. The summed E-state index contributed by atoms with van der Waals surface area (Å²) >= 11 is 0. The summed E-state index contributed by atoms with van der Waals surface area (Å²) in [6.07, 6.45) is -2.41. The van der Waals surface area contributed by atoms with Crippen LogP contribution in [0.5, 0.6) is 0 Å². The van der Waals surface area contributed by atoms with Crippen molar-refractivity contribution in [1.29, 1.82) is 0 Å². The molecule has 0 radical (unpaired) electrons. The minimum absolute atomic E-state index is 0.0800. The third kappa shape index (κ3) is 5.04. The number of pyridine rings is 1. The van der Waals surface area contributed by atoms with E-state index in [0.717, 1.165) is 43.9 Å². The molecule has 2 aromatic carbocycles. The summed E-state index contributed by atoms with van der Waals surface area (Å²) in [6.45, 7) is 1.85. The van der Waals surface area contributed by atoms with Crippen LogP contribution in [0.15, 0.2) is 65.5 Å². The zero-order chi connectivity index (χ0) is 26.2. The first kappa shape index (κ1) is 24.5. The number of aromatic nitrogens is 3. The molecule has 1 saturated heterocycles. The van der Waals surface area contributed by atoms with Crippen LogP contribution in [0.25, 0.3) is 22.3 Å². The molecule has 5 rings (SSSR count). The van der Waals surface area contributed by atoms with Gasteiger partial charge in [-0.15, -0.1) is 0 Å². The maximum absolute atomic E-state index is 13.3. The Bertz CT molecular complexity index is 1540. The molecule has 0 unspecified atom stereocenters. The topological polar surface area (TPSA) is 80.1 Å². The van der Waals surface area contributed by atoms with Gasteiger partial charge in [0.2, 0.25) is 5.91 Å². The average molecular weight is 508 g/mol. The summed E-state index contributed by atoms with van der Waals surface area (Å²) < 4.78 is 41.0. The molecule has 1 amide bonds. The number of rotatable bonds is 5. The number of para-hydroxylation sites is 1. The van der Waals surface area contributed by atoms with Gasteiger partial charge in [-0.05, 0) is 48.7 Å². The summed E-state index contributed by atoms with van der Waals surface area (Å²) in [6, 6.07) is 15.0. The molecule has 0 saturated carbocycles. The number of hydrogen-bond donors (Lipinski definition) is 1. The fraction of sp³-hybridized carbons (Fsp3) is 0.259. The first-order valence-corrected chi connectivity index (χ1v) is 11.9. The highest BCUT2D eigenvalue weighted by atomic mass is 19.4. The van der Waals surface area contributed by atoms with E-state index in [2.05, 4.69) is 20.2 Å². The standard InChI is InChI=1S/C27H24F3N5O2/c1-34-25(18-8-4-9-19(15-18)27(28,29)30)33-24-17(7-5-10-20(24)26(34)37)16-23(36)32-21-11-6-12-22(31-21)35-13-2-3-14-35/h4-12,15H,2-3,13-14,16H2,1H3,(H,31,32,36). The van der Waals surface area contributed by atoms with Crippen molar-refractivity contribution in [1.82, 2.24) is 14.5 Å². The van der Waals surface area contributed by atoms with Crippen LogP contribution in [0.2, 0.25) is 0 Å². The number of halogens is 3. The average Bonchev–Trinajstić information content (AvgIpc) is 3.41. The highest BCUT2D eigenvalue weighted by Gasteiger charge is 2.31. The lowest BCUT2D eigenvalue weighted by Crippen LogP contribution is -2.22. The van der Waals surface area contributed by atoms with Crippen molar-refractivity contribution in [2.75, 3.05) is 23.3 Å². The van der Waals surface area contributed by atoms with Crippen LogP contribution in [0.3, 0.4) is 0 Å². The number of amides is 1. The Morgan fingerprint density at radius 2 is 1.73 bits per heavy atom. The molecule has 0 aliphatic carbocycles. The van der Waals surface area contributed by atoms with E-state index in [0.29, 0.717) is 11.4 Å². The van der Waals surface area contributed by atoms with Gasteiger partial charge in [-0.3, -0.25) is 14.2 Å². The van der Waals surface area contributed by atoms with Gasteiger partial charge >= 0.3 is 6.18 Å². The first-order valence-electron chi connectivity index (χ1n) is 11.9. The van der Waals surface area contributed by atoms with Gasteiger partial charge in [0.1, 0.15) is 17.5 Å². The van der Waals surface area contributed by atoms with Gasteiger partial charge in [-0.25, -0.2) is 9.97 Å². The fourth-order valence-corrected chi connectivity index (χ4v) is 4.56. The number of fused-ring (bicyclic) bond motifs is 1. The van der Waals surface area contributed by atoms with E-state index >= 15 is 0 Å². The minimum Gasteiger partial charge on any atom is -0.357 e. The monoisotopic (exact) mass is 507 g/mol. The molecule has 1 fully saturated rings. The van der Waals surface area contributed by atoms with Gasteiger partial charge in [-0.1, -0.05) is 30.3 Å². The van der Waals surface area contributed by atoms with Crippen LogP contribution in [-0.4, -0.2) is 33.5 Å². The normalized spacial score (nSPS) is 13.8. The third-order valence-electron chi connectivity index (χ3n) is 6.42. The number of nitrogens with zero attached hydrogens (tertiary/aromatic N) is 4. The summed E-state index contributed by atoms with van der Waals surface area (Å²) in [4.78, 5) is 37.3. The molecule has 2 aromatic heterocycles. The van der Waals surface area contributed by atoms with Crippen molar-refractivity contribution in [2.24, 2.45) is 7.05 Å². The second-order valence-electron chi connectivity index (χ2n) is 8.99. The van der Waals surface area contributed by atoms with Crippen LogP contribution >= 0.6 is 0 Å². The zero-order valence-electron chi connectivity index (χ0n) is 20.0. The van der Waals surface area contributed by atoms with Crippen molar-refractivity contribution < 1.29 is 18.0 Å². The smallest absolute Gasteiger partial charge is 0.357 e. The van der Waals surface area contributed by atoms with Crippen molar-refractivity contribution in [3.8, 4) is 11.4 Å². The molecular formula is C27H24F3N5O2. The van der Waals surface area contributed by atoms with Gasteiger partial charge in [0.05, 0.1) is 22.9 Å². The Hall–Kier alpha value is -4.21. The summed E-state index contributed by atoms with van der Waals surface area (Å²) in [5.41, 5.74) is -0.350. The van der Waals surface area contributed by atoms with E-state index in [9.17, 15) is 22.8 Å². The molecule has 3 heterocycles. The molecule has 1 aliphatic heterocycles. The molecule has 10 heteroatoms. The van der Waals surface area contributed by atoms with E-state index < -0.39 is 17.3 Å². The van der Waals surface area contributed by atoms with Gasteiger partial charge in [0.15, 0.2) is 0 Å². The third-order valence-corrected chi connectivity index (χ3v) is 6.42. The van der Waals surface area contributed by atoms with Gasteiger partial charge < -0.3 is 10.2 Å². The number of nitrogens with one attached hydrogen (secondary N) is 1. The SMILES string of the molecule is Cn1c(-c2cccc(C(F)(F)F)c2)nc2c(CC(=O)Nc3cccc(N4CCCC4)n3)cccc2c1=O. The van der Waals surface area contributed by atoms with E-state index in [4.69, 9.17) is 0 Å². The lowest BCUT2D eigenvalue weighted by molar-refractivity contribution is -0.137. The Morgan fingerprint density at radius 3 is 2.49 bits per heavy atom. The fourth-order valence-electron chi connectivity index (χ4n) is 4.56. The molecule has 0 atom stereocenters. The van der Waals surface area contributed by atoms with Crippen LogP contribution in [0.4, 0.5) is 24.8 Å². The van der Waals surface area contributed by atoms with Gasteiger partial charge in [0, 0.05) is 25.7 Å². The lowest BCUT2D eigenvalue weighted by Gasteiger charge is -2.17. The number of carbonyl (C=O) groups excluding carboxylic acids is 1. The Morgan fingerprint density at radius 1 is 1.00 bits per heavy atom. The highest BCUT2D eigenvalue weighted by Crippen LogP contribution is 2.32. The van der Waals surface area contributed by atoms with E-state index in [1.54, 1.807) is 24.3 Å². The molecule has 7 nitrogen and oxygen atoms in total. The second-order valence-corrected chi connectivity index (χ2v) is 8.99. The molecule has 1 N–H and O–H groups in total. The number of alkyl halides is 3. The van der Waals surface area contributed by atoms with E-state index in [-0.39, 0.29) is 34.6 Å². The number of carbonyl (C=O) groups is 1. The lowest BCUT2D eigenvalue weighted by atomic mass is 10.1. The van der Waals surface area contributed by atoms with Crippen molar-refractivity contribution in [2.45, 2.75) is 25.4 Å². The Kier molecular flexibility index (Phi) is 6.41. The Balaban J connectivity index is 1.47. The van der Waals surface area contributed by atoms with Gasteiger partial charge in [0.25, 0.3) is 5.56 Å². The van der Waals surface area contributed by atoms with Crippen LogP contribution in [0, 0.1) is 0 Å². The Labute approximate surface area is 210 Å². The summed E-state index contributed by atoms with van der Waals surface area (Å²) in [5, 5.41) is 3.08. The number of benzene rings is 2. The summed E-state index contributed by atoms with van der Waals surface area (Å²) in [7, 11) is 1.46. The first-order chi connectivity index (χ1) is 17.7. The minimum atomic E-state index is -4.53. The van der Waals surface area contributed by atoms with E-state index in [1.165, 1.54) is 23.7 Å². The van der Waals surface area contributed by atoms with E-state index in [1.807, 2.05) is 12.1 Å². The molecule has 0 bridgehead atoms. The number of hydrogen-bond acceptors (Lipinski definition) is 5. The quantitative estimate of drug-likeness (QED) is 0.420. The second kappa shape index (κ2) is 9.68.